The Labute approximate surface area is 150 Å². The molecule has 6 nitrogen and oxygen atoms in total. The zero-order valence-electron chi connectivity index (χ0n) is 14.7. The number of H-pyrrole nitrogens is 1. The molecule has 1 aliphatic rings. The van der Waals surface area contributed by atoms with E-state index in [4.69, 9.17) is 4.98 Å². The molecule has 0 amide bonds. The molecule has 130 valence electrons. The van der Waals surface area contributed by atoms with Gasteiger partial charge in [0.1, 0.15) is 5.65 Å². The number of pyridine rings is 1. The molecule has 0 fully saturated rings. The Balaban J connectivity index is 1.65. The van der Waals surface area contributed by atoms with E-state index >= 15 is 0 Å². The molecule has 25 heavy (non-hydrogen) atoms. The van der Waals surface area contributed by atoms with Crippen molar-refractivity contribution in [3.63, 3.8) is 0 Å². The number of aromatic amines is 1. The fraction of sp³-hybridized carbons (Fsp3) is 0.389. The van der Waals surface area contributed by atoms with Crippen molar-refractivity contribution < 1.29 is 0 Å². The maximum atomic E-state index is 12.4. The summed E-state index contributed by atoms with van der Waals surface area (Å²) in [6.45, 7) is 6.44. The van der Waals surface area contributed by atoms with Gasteiger partial charge in [-0.2, -0.15) is 0 Å². The van der Waals surface area contributed by atoms with Crippen LogP contribution in [0.15, 0.2) is 28.3 Å². The number of hydrogen-bond donors (Lipinski definition) is 1. The van der Waals surface area contributed by atoms with Gasteiger partial charge in [-0.15, -0.1) is 0 Å². The molecule has 0 aromatic carbocycles. The molecule has 0 atom stereocenters. The third kappa shape index (κ3) is 2.87. The van der Waals surface area contributed by atoms with E-state index in [0.717, 1.165) is 42.1 Å². The normalized spacial score (nSPS) is 14.8. The van der Waals surface area contributed by atoms with E-state index in [1.54, 1.807) is 0 Å². The lowest BCUT2D eigenvalue weighted by molar-refractivity contribution is 0.237. The topological polar surface area (TPSA) is 66.3 Å². The van der Waals surface area contributed by atoms with Crippen molar-refractivity contribution in [3.8, 4) is 0 Å². The number of thioether (sulfide) groups is 1. The summed E-state index contributed by atoms with van der Waals surface area (Å²) >= 11 is 1.47. The number of nitrogens with one attached hydrogen (secondary N) is 1. The molecular formula is C18H21N5OS. The molecule has 7 heteroatoms. The van der Waals surface area contributed by atoms with Gasteiger partial charge in [0.25, 0.3) is 5.56 Å². The fourth-order valence-electron chi connectivity index (χ4n) is 3.46. The quantitative estimate of drug-likeness (QED) is 0.577. The molecule has 0 saturated heterocycles. The van der Waals surface area contributed by atoms with Crippen LogP contribution in [0.5, 0.6) is 0 Å². The Morgan fingerprint density at radius 3 is 2.96 bits per heavy atom. The van der Waals surface area contributed by atoms with Gasteiger partial charge < -0.3 is 9.38 Å². The molecule has 0 radical (unpaired) electrons. The van der Waals surface area contributed by atoms with Crippen molar-refractivity contribution in [1.29, 1.82) is 0 Å². The van der Waals surface area contributed by atoms with Crippen LogP contribution in [0.3, 0.4) is 0 Å². The van der Waals surface area contributed by atoms with Crippen molar-refractivity contribution in [2.75, 3.05) is 12.8 Å². The van der Waals surface area contributed by atoms with Gasteiger partial charge >= 0.3 is 0 Å². The zero-order valence-corrected chi connectivity index (χ0v) is 15.5. The van der Waals surface area contributed by atoms with Crippen LogP contribution in [-0.4, -0.2) is 37.1 Å². The lowest BCUT2D eigenvalue weighted by Gasteiger charge is -2.27. The Bertz CT molecular complexity index is 1010. The van der Waals surface area contributed by atoms with Gasteiger partial charge in [-0.3, -0.25) is 9.69 Å². The highest BCUT2D eigenvalue weighted by atomic mass is 32.2. The predicted octanol–water partition coefficient (Wildman–Crippen LogP) is 2.31. The second kappa shape index (κ2) is 6.31. The minimum atomic E-state index is -0.00948. The highest BCUT2D eigenvalue weighted by Crippen LogP contribution is 2.21. The van der Waals surface area contributed by atoms with Gasteiger partial charge in [-0.1, -0.05) is 17.8 Å². The maximum Gasteiger partial charge on any atom is 0.256 e. The van der Waals surface area contributed by atoms with Crippen molar-refractivity contribution >= 4 is 17.4 Å². The van der Waals surface area contributed by atoms with Crippen LogP contribution in [0, 0.1) is 13.8 Å². The van der Waals surface area contributed by atoms with Crippen molar-refractivity contribution in [3.05, 3.63) is 56.9 Å². The van der Waals surface area contributed by atoms with Crippen LogP contribution < -0.4 is 5.56 Å². The number of rotatable bonds is 3. The van der Waals surface area contributed by atoms with E-state index in [0.29, 0.717) is 11.7 Å². The highest BCUT2D eigenvalue weighted by molar-refractivity contribution is 7.98. The molecule has 0 bridgehead atoms. The smallest absolute Gasteiger partial charge is 0.256 e. The molecule has 3 aromatic rings. The number of imidazole rings is 1. The van der Waals surface area contributed by atoms with E-state index in [-0.39, 0.29) is 5.56 Å². The van der Waals surface area contributed by atoms with Gasteiger partial charge in [0, 0.05) is 32.3 Å². The van der Waals surface area contributed by atoms with Crippen LogP contribution in [0.4, 0.5) is 0 Å². The summed E-state index contributed by atoms with van der Waals surface area (Å²) in [6.07, 6.45) is 4.80. The van der Waals surface area contributed by atoms with Gasteiger partial charge in [0.05, 0.1) is 22.6 Å². The van der Waals surface area contributed by atoms with Gasteiger partial charge in [0.15, 0.2) is 5.16 Å². The number of hydrogen-bond acceptors (Lipinski definition) is 5. The standard InChI is InChI=1S/C18H21N5OS/c1-11-5-4-7-23-15(12(2)19-16(11)23)10-22-8-6-14-13(9-22)17(24)21-18(20-14)25-3/h4-5,7H,6,8-10H2,1-3H3,(H,20,21,24). The minimum absolute atomic E-state index is 0.00948. The summed E-state index contributed by atoms with van der Waals surface area (Å²) in [6, 6.07) is 4.13. The number of nitrogens with zero attached hydrogens (tertiary/aromatic N) is 4. The van der Waals surface area contributed by atoms with Crippen LogP contribution >= 0.6 is 11.8 Å². The molecular weight excluding hydrogens is 334 g/mol. The van der Waals surface area contributed by atoms with Crippen molar-refractivity contribution in [2.24, 2.45) is 0 Å². The molecule has 0 aliphatic carbocycles. The monoisotopic (exact) mass is 355 g/mol. The number of aromatic nitrogens is 4. The maximum absolute atomic E-state index is 12.4. The van der Waals surface area contributed by atoms with Crippen molar-refractivity contribution in [2.45, 2.75) is 38.5 Å². The lowest BCUT2D eigenvalue weighted by atomic mass is 10.1. The van der Waals surface area contributed by atoms with E-state index in [1.165, 1.54) is 23.0 Å². The summed E-state index contributed by atoms with van der Waals surface area (Å²) < 4.78 is 2.17. The van der Waals surface area contributed by atoms with Gasteiger partial charge in [-0.05, 0) is 31.7 Å². The van der Waals surface area contributed by atoms with Crippen LogP contribution in [0.2, 0.25) is 0 Å². The molecule has 1 N–H and O–H groups in total. The zero-order chi connectivity index (χ0) is 17.6. The summed E-state index contributed by atoms with van der Waals surface area (Å²) in [5.74, 6) is 0. The van der Waals surface area contributed by atoms with Gasteiger partial charge in [-0.25, -0.2) is 9.97 Å². The highest BCUT2D eigenvalue weighted by Gasteiger charge is 2.23. The van der Waals surface area contributed by atoms with E-state index in [2.05, 4.69) is 51.4 Å². The minimum Gasteiger partial charge on any atom is -0.302 e. The van der Waals surface area contributed by atoms with Crippen LogP contribution in [0.1, 0.15) is 28.2 Å². The molecule has 0 saturated carbocycles. The SMILES string of the molecule is CSc1nc2c(c(=O)[nH]1)CN(Cc1c(C)nc3c(C)cccn13)CC2. The third-order valence-electron chi connectivity index (χ3n) is 4.84. The Kier molecular flexibility index (Phi) is 4.13. The first-order chi connectivity index (χ1) is 12.1. The third-order valence-corrected chi connectivity index (χ3v) is 5.42. The fourth-order valence-corrected chi connectivity index (χ4v) is 3.85. The van der Waals surface area contributed by atoms with E-state index in [9.17, 15) is 4.79 Å². The molecule has 0 unspecified atom stereocenters. The second-order valence-electron chi connectivity index (χ2n) is 6.49. The largest absolute Gasteiger partial charge is 0.302 e. The summed E-state index contributed by atoms with van der Waals surface area (Å²) in [5.41, 5.74) is 6.14. The first kappa shape index (κ1) is 16.4. The van der Waals surface area contributed by atoms with E-state index in [1.807, 2.05) is 6.26 Å². The summed E-state index contributed by atoms with van der Waals surface area (Å²) in [7, 11) is 0. The Hall–Kier alpha value is -2.12. The molecule has 3 aromatic heterocycles. The molecule has 1 aliphatic heterocycles. The predicted molar refractivity (Wildman–Crippen MR) is 99.1 cm³/mol. The second-order valence-corrected chi connectivity index (χ2v) is 7.28. The average molecular weight is 355 g/mol. The number of aryl methyl sites for hydroxylation is 2. The van der Waals surface area contributed by atoms with Crippen LogP contribution in [0.25, 0.3) is 5.65 Å². The van der Waals surface area contributed by atoms with Crippen molar-refractivity contribution in [1.82, 2.24) is 24.3 Å². The summed E-state index contributed by atoms with van der Waals surface area (Å²) in [5, 5.41) is 0.699. The number of fused-ring (bicyclic) bond motifs is 2. The lowest BCUT2D eigenvalue weighted by Crippen LogP contribution is -2.35. The molecule has 4 heterocycles. The van der Waals surface area contributed by atoms with Crippen LogP contribution in [-0.2, 0) is 19.5 Å². The Morgan fingerprint density at radius 1 is 1.32 bits per heavy atom. The Morgan fingerprint density at radius 2 is 2.16 bits per heavy atom. The first-order valence-electron chi connectivity index (χ1n) is 8.38. The summed E-state index contributed by atoms with van der Waals surface area (Å²) in [4.78, 5) is 26.8. The van der Waals surface area contributed by atoms with Gasteiger partial charge in [0.2, 0.25) is 0 Å². The molecule has 4 rings (SSSR count). The first-order valence-corrected chi connectivity index (χ1v) is 9.61. The molecule has 0 spiro atoms. The van der Waals surface area contributed by atoms with E-state index < -0.39 is 0 Å². The average Bonchev–Trinajstić information content (AvgIpc) is 2.92.